The van der Waals surface area contributed by atoms with Crippen LogP contribution in [0.3, 0.4) is 0 Å². The quantitative estimate of drug-likeness (QED) is 0.666. The Kier molecular flexibility index (Phi) is 6.52. The molecule has 1 aliphatic carbocycles. The molecule has 33 heavy (non-hydrogen) atoms. The van der Waals surface area contributed by atoms with E-state index in [2.05, 4.69) is 26.7 Å². The Bertz CT molecular complexity index is 995. The highest BCUT2D eigenvalue weighted by atomic mass is 35.5. The van der Waals surface area contributed by atoms with Crippen LogP contribution >= 0.6 is 11.6 Å². The molecule has 0 N–H and O–H groups in total. The molecule has 0 spiro atoms. The summed E-state index contributed by atoms with van der Waals surface area (Å²) in [5.74, 6) is 1.31. The van der Waals surface area contributed by atoms with E-state index in [1.807, 2.05) is 29.2 Å². The minimum atomic E-state index is -0.800. The van der Waals surface area contributed by atoms with Crippen LogP contribution in [0.1, 0.15) is 48.4 Å². The van der Waals surface area contributed by atoms with Crippen molar-refractivity contribution in [3.8, 4) is 0 Å². The number of alkyl halides is 1. The van der Waals surface area contributed by atoms with E-state index in [4.69, 9.17) is 11.6 Å². The average molecular weight is 472 g/mol. The fourth-order valence-electron chi connectivity index (χ4n) is 5.46. The van der Waals surface area contributed by atoms with Crippen LogP contribution in [0.4, 0.5) is 10.2 Å². The molecule has 1 aromatic carbocycles. The van der Waals surface area contributed by atoms with Crippen LogP contribution in [0.25, 0.3) is 0 Å². The standard InChI is InChI=1S/C25H31ClFN5O/c1-17-2-7-22-23(17)24(29-16-28-22)31-10-12-32(13-11-31)25(33)21(15-30-9-8-20(27)14-30)18-3-5-19(26)6-4-18/h3-6,16-17,20-21H,2,7-15H2,1H3/t17-,20+,21-/m1/s1. The van der Waals surface area contributed by atoms with Gasteiger partial charge in [0, 0.05) is 62.1 Å². The summed E-state index contributed by atoms with van der Waals surface area (Å²) in [6.45, 7) is 6.71. The fraction of sp³-hybridized carbons (Fsp3) is 0.560. The Balaban J connectivity index is 1.30. The molecule has 2 aromatic rings. The van der Waals surface area contributed by atoms with E-state index < -0.39 is 6.17 Å². The maximum absolute atomic E-state index is 13.8. The van der Waals surface area contributed by atoms with Crippen LogP contribution in [0.5, 0.6) is 0 Å². The zero-order valence-corrected chi connectivity index (χ0v) is 19.8. The van der Waals surface area contributed by atoms with Crippen molar-refractivity contribution in [1.82, 2.24) is 19.8 Å². The number of likely N-dealkylation sites (tertiary alicyclic amines) is 1. The molecule has 8 heteroatoms. The molecule has 2 saturated heterocycles. The summed E-state index contributed by atoms with van der Waals surface area (Å²) >= 11 is 6.09. The lowest BCUT2D eigenvalue weighted by Crippen LogP contribution is -2.51. The molecule has 176 valence electrons. The van der Waals surface area contributed by atoms with Gasteiger partial charge in [-0.25, -0.2) is 14.4 Å². The number of piperazine rings is 1. The summed E-state index contributed by atoms with van der Waals surface area (Å²) in [5.41, 5.74) is 3.40. The SMILES string of the molecule is C[C@@H]1CCc2ncnc(N3CCN(C(=O)[C@H](CN4CC[C@H](F)C4)c4ccc(Cl)cc4)CC3)c21. The number of hydrogen-bond donors (Lipinski definition) is 0. The summed E-state index contributed by atoms with van der Waals surface area (Å²) in [5, 5.41) is 0.648. The summed E-state index contributed by atoms with van der Waals surface area (Å²) in [4.78, 5) is 29.1. The summed E-state index contributed by atoms with van der Waals surface area (Å²) in [6, 6.07) is 7.51. The van der Waals surface area contributed by atoms with Crippen molar-refractivity contribution in [2.24, 2.45) is 0 Å². The number of hydrogen-bond acceptors (Lipinski definition) is 5. The van der Waals surface area contributed by atoms with Crippen molar-refractivity contribution < 1.29 is 9.18 Å². The summed E-state index contributed by atoms with van der Waals surface area (Å²) in [7, 11) is 0. The van der Waals surface area contributed by atoms with Gasteiger partial charge >= 0.3 is 0 Å². The Morgan fingerprint density at radius 2 is 1.88 bits per heavy atom. The van der Waals surface area contributed by atoms with E-state index in [0.29, 0.717) is 50.1 Å². The van der Waals surface area contributed by atoms with Gasteiger partial charge in [-0.2, -0.15) is 0 Å². The number of aryl methyl sites for hydroxylation is 1. The lowest BCUT2D eigenvalue weighted by molar-refractivity contribution is -0.133. The number of carbonyl (C=O) groups excluding carboxylic acids is 1. The lowest BCUT2D eigenvalue weighted by Gasteiger charge is -2.38. The van der Waals surface area contributed by atoms with Gasteiger partial charge in [-0.3, -0.25) is 9.69 Å². The normalized spacial score (nSPS) is 24.2. The second kappa shape index (κ2) is 9.55. The first-order valence-corrected chi connectivity index (χ1v) is 12.4. The van der Waals surface area contributed by atoms with E-state index in [1.54, 1.807) is 6.33 Å². The number of benzene rings is 1. The number of rotatable bonds is 5. The molecule has 3 heterocycles. The number of fused-ring (bicyclic) bond motifs is 1. The van der Waals surface area contributed by atoms with E-state index >= 15 is 0 Å². The number of amides is 1. The van der Waals surface area contributed by atoms with Gasteiger partial charge in [0.05, 0.1) is 5.92 Å². The monoisotopic (exact) mass is 471 g/mol. The molecule has 5 rings (SSSR count). The molecule has 0 saturated carbocycles. The highest BCUT2D eigenvalue weighted by Gasteiger charge is 2.34. The van der Waals surface area contributed by atoms with Crippen molar-refractivity contribution in [2.75, 3.05) is 50.7 Å². The molecule has 0 unspecified atom stereocenters. The molecule has 1 amide bonds. The van der Waals surface area contributed by atoms with Gasteiger partial charge in [-0.15, -0.1) is 0 Å². The zero-order chi connectivity index (χ0) is 22.9. The second-order valence-electron chi connectivity index (χ2n) is 9.56. The van der Waals surface area contributed by atoms with Crippen LogP contribution < -0.4 is 4.90 Å². The van der Waals surface area contributed by atoms with Gasteiger partial charge < -0.3 is 9.80 Å². The third-order valence-electron chi connectivity index (χ3n) is 7.37. The molecule has 1 aromatic heterocycles. The molecule has 0 bridgehead atoms. The Labute approximate surface area is 199 Å². The van der Waals surface area contributed by atoms with Crippen LogP contribution in [-0.2, 0) is 11.2 Å². The Morgan fingerprint density at radius 3 is 2.58 bits per heavy atom. The zero-order valence-electron chi connectivity index (χ0n) is 19.1. The van der Waals surface area contributed by atoms with Crippen LogP contribution in [0, 0.1) is 0 Å². The molecule has 3 atom stereocenters. The number of halogens is 2. The second-order valence-corrected chi connectivity index (χ2v) is 10.00. The topological polar surface area (TPSA) is 52.6 Å². The van der Waals surface area contributed by atoms with E-state index in [9.17, 15) is 9.18 Å². The number of carbonyl (C=O) groups is 1. The van der Waals surface area contributed by atoms with Crippen molar-refractivity contribution in [3.63, 3.8) is 0 Å². The third-order valence-corrected chi connectivity index (χ3v) is 7.62. The van der Waals surface area contributed by atoms with Crippen LogP contribution in [0.2, 0.25) is 5.02 Å². The first-order valence-electron chi connectivity index (χ1n) is 12.0. The third kappa shape index (κ3) is 4.71. The van der Waals surface area contributed by atoms with Crippen molar-refractivity contribution in [1.29, 1.82) is 0 Å². The van der Waals surface area contributed by atoms with Crippen LogP contribution in [-0.4, -0.2) is 77.7 Å². The maximum Gasteiger partial charge on any atom is 0.231 e. The fourth-order valence-corrected chi connectivity index (χ4v) is 5.59. The highest BCUT2D eigenvalue weighted by Crippen LogP contribution is 2.37. The van der Waals surface area contributed by atoms with Gasteiger partial charge in [0.25, 0.3) is 0 Å². The van der Waals surface area contributed by atoms with Gasteiger partial charge in [0.1, 0.15) is 18.3 Å². The Hall–Kier alpha value is -2.25. The van der Waals surface area contributed by atoms with Crippen molar-refractivity contribution in [3.05, 3.63) is 52.4 Å². The molecule has 2 aliphatic heterocycles. The molecular weight excluding hydrogens is 441 g/mol. The first kappa shape index (κ1) is 22.5. The molecule has 2 fully saturated rings. The summed E-state index contributed by atoms with van der Waals surface area (Å²) < 4.78 is 13.8. The average Bonchev–Trinajstić information content (AvgIpc) is 3.43. The minimum Gasteiger partial charge on any atom is -0.353 e. The smallest absolute Gasteiger partial charge is 0.231 e. The van der Waals surface area contributed by atoms with Crippen molar-refractivity contribution >= 4 is 23.3 Å². The van der Waals surface area contributed by atoms with Gasteiger partial charge in [-0.05, 0) is 42.9 Å². The van der Waals surface area contributed by atoms with E-state index in [0.717, 1.165) is 37.3 Å². The lowest BCUT2D eigenvalue weighted by atomic mass is 9.96. The molecular formula is C25H31ClFN5O. The van der Waals surface area contributed by atoms with E-state index in [1.165, 1.54) is 11.3 Å². The molecule has 0 radical (unpaired) electrons. The number of nitrogens with zero attached hydrogens (tertiary/aromatic N) is 5. The van der Waals surface area contributed by atoms with Gasteiger partial charge in [0.2, 0.25) is 5.91 Å². The Morgan fingerprint density at radius 1 is 1.12 bits per heavy atom. The van der Waals surface area contributed by atoms with Gasteiger partial charge in [0.15, 0.2) is 0 Å². The minimum absolute atomic E-state index is 0.112. The highest BCUT2D eigenvalue weighted by molar-refractivity contribution is 6.30. The summed E-state index contributed by atoms with van der Waals surface area (Å²) in [6.07, 6.45) is 3.56. The maximum atomic E-state index is 13.8. The largest absolute Gasteiger partial charge is 0.353 e. The number of anilines is 1. The number of aromatic nitrogens is 2. The molecule has 3 aliphatic rings. The molecule has 6 nitrogen and oxygen atoms in total. The predicted molar refractivity (Wildman–Crippen MR) is 128 cm³/mol. The predicted octanol–water partition coefficient (Wildman–Crippen LogP) is 3.66. The van der Waals surface area contributed by atoms with E-state index in [-0.39, 0.29) is 11.8 Å². The van der Waals surface area contributed by atoms with Crippen LogP contribution in [0.15, 0.2) is 30.6 Å². The first-order chi connectivity index (χ1) is 16.0. The van der Waals surface area contributed by atoms with Crippen molar-refractivity contribution in [2.45, 2.75) is 44.2 Å². The van der Waals surface area contributed by atoms with Gasteiger partial charge in [-0.1, -0.05) is 30.7 Å².